The van der Waals surface area contributed by atoms with Crippen molar-refractivity contribution in [3.05, 3.63) is 58.3 Å². The van der Waals surface area contributed by atoms with Gasteiger partial charge in [-0.2, -0.15) is 18.2 Å². The predicted octanol–water partition coefficient (Wildman–Crippen LogP) is 5.31. The van der Waals surface area contributed by atoms with Gasteiger partial charge in [0.25, 0.3) is 0 Å². The summed E-state index contributed by atoms with van der Waals surface area (Å²) < 4.78 is 66.4. The Balaban J connectivity index is 1.40. The molecule has 0 amide bonds. The monoisotopic (exact) mass is 549 g/mol. The van der Waals surface area contributed by atoms with Gasteiger partial charge in [0.2, 0.25) is 11.8 Å². The smallest absolute Gasteiger partial charge is 0.436 e. The predicted molar refractivity (Wildman–Crippen MR) is 127 cm³/mol. The molecule has 0 aromatic carbocycles. The Bertz CT molecular complexity index is 1520. The summed E-state index contributed by atoms with van der Waals surface area (Å²) in [6.45, 7) is 1.65. The summed E-state index contributed by atoms with van der Waals surface area (Å²) in [4.78, 5) is 25.0. The lowest BCUT2D eigenvalue weighted by Gasteiger charge is -2.13. The Morgan fingerprint density at radius 1 is 1.11 bits per heavy atom. The molecule has 0 saturated heterocycles. The number of alkyl halides is 3. The third-order valence-electron chi connectivity index (χ3n) is 5.84. The van der Waals surface area contributed by atoms with E-state index in [2.05, 4.69) is 29.9 Å². The Labute approximate surface area is 218 Å². The van der Waals surface area contributed by atoms with Crippen molar-refractivity contribution in [2.75, 3.05) is 7.11 Å². The minimum absolute atomic E-state index is 0.118. The third kappa shape index (κ3) is 4.97. The first-order chi connectivity index (χ1) is 18.1. The molecule has 1 aliphatic carbocycles. The highest BCUT2D eigenvalue weighted by atomic mass is 35.5. The van der Waals surface area contributed by atoms with E-state index in [0.29, 0.717) is 28.5 Å². The van der Waals surface area contributed by atoms with Gasteiger partial charge in [-0.25, -0.2) is 29.3 Å². The van der Waals surface area contributed by atoms with E-state index >= 15 is 0 Å². The molecule has 0 N–H and O–H groups in total. The highest BCUT2D eigenvalue weighted by Crippen LogP contribution is 2.45. The summed E-state index contributed by atoms with van der Waals surface area (Å²) in [6, 6.07) is 2.72. The lowest BCUT2D eigenvalue weighted by molar-refractivity contribution is -0.140. The van der Waals surface area contributed by atoms with Crippen LogP contribution in [0.1, 0.15) is 41.4 Å². The van der Waals surface area contributed by atoms with Crippen molar-refractivity contribution < 1.29 is 27.0 Å². The molecule has 198 valence electrons. The van der Waals surface area contributed by atoms with E-state index in [0.717, 1.165) is 29.2 Å². The molecule has 4 aromatic rings. The van der Waals surface area contributed by atoms with E-state index in [1.165, 1.54) is 26.7 Å². The van der Waals surface area contributed by atoms with Crippen LogP contribution in [0.15, 0.2) is 24.7 Å². The maximum Gasteiger partial charge on any atom is 0.436 e. The summed E-state index contributed by atoms with van der Waals surface area (Å²) in [5.74, 6) is -0.0492. The van der Waals surface area contributed by atoms with Crippen molar-refractivity contribution >= 4 is 11.6 Å². The second kappa shape index (κ2) is 9.78. The van der Waals surface area contributed by atoms with E-state index in [4.69, 9.17) is 21.1 Å². The van der Waals surface area contributed by atoms with Gasteiger partial charge < -0.3 is 14.0 Å². The van der Waals surface area contributed by atoms with Crippen LogP contribution in [0, 0.1) is 12.7 Å². The highest BCUT2D eigenvalue weighted by Gasteiger charge is 2.39. The van der Waals surface area contributed by atoms with Crippen molar-refractivity contribution in [3.63, 3.8) is 0 Å². The number of rotatable bonds is 7. The molecule has 0 radical (unpaired) electrons. The molecule has 5 rings (SSSR count). The van der Waals surface area contributed by atoms with Gasteiger partial charge in [-0.1, -0.05) is 11.6 Å². The maximum atomic E-state index is 14.9. The van der Waals surface area contributed by atoms with Crippen LogP contribution in [0.2, 0.25) is 5.15 Å². The van der Waals surface area contributed by atoms with E-state index < -0.39 is 22.8 Å². The molecular weight excluding hydrogens is 530 g/mol. The van der Waals surface area contributed by atoms with Crippen molar-refractivity contribution in [1.82, 2.24) is 34.5 Å². The summed E-state index contributed by atoms with van der Waals surface area (Å²) >= 11 is 5.75. The average molecular weight is 550 g/mol. The molecule has 0 aliphatic heterocycles. The molecule has 0 atom stereocenters. The standard InChI is InChI=1S/C24H20ClF4N7O2/c1-11-6-15(34-21(33-11)16-17(13-4-5-13)31-10-32-23(16)37-3)38-9-12-7-14(26)18(30-8-12)22-35-19(24(27,28)29)20(25)36(22)2/h6-8,10,13H,4-5,9H2,1-3H3. The minimum Gasteiger partial charge on any atom is -0.480 e. The molecule has 9 nitrogen and oxygen atoms in total. The summed E-state index contributed by atoms with van der Waals surface area (Å²) in [5, 5.41) is -0.665. The second-order valence-corrected chi connectivity index (χ2v) is 9.04. The fourth-order valence-corrected chi connectivity index (χ4v) is 4.12. The molecule has 0 unspecified atom stereocenters. The second-order valence-electron chi connectivity index (χ2n) is 8.68. The first-order valence-corrected chi connectivity index (χ1v) is 11.8. The van der Waals surface area contributed by atoms with Crippen molar-refractivity contribution in [1.29, 1.82) is 0 Å². The van der Waals surface area contributed by atoms with E-state index in [1.54, 1.807) is 13.0 Å². The van der Waals surface area contributed by atoms with Crippen molar-refractivity contribution in [2.45, 2.75) is 38.5 Å². The van der Waals surface area contributed by atoms with Crippen molar-refractivity contribution in [3.8, 4) is 34.7 Å². The number of pyridine rings is 1. The molecule has 0 spiro atoms. The number of methoxy groups -OCH3 is 1. The van der Waals surface area contributed by atoms with Gasteiger partial charge in [-0.3, -0.25) is 0 Å². The number of aryl methyl sites for hydroxylation is 1. The van der Waals surface area contributed by atoms with Gasteiger partial charge >= 0.3 is 6.18 Å². The molecule has 4 aromatic heterocycles. The number of halogens is 5. The normalized spacial score (nSPS) is 13.6. The lowest BCUT2D eigenvalue weighted by atomic mass is 10.1. The SMILES string of the molecule is COc1ncnc(C2CC2)c1-c1nc(C)cc(OCc2cnc(-c3nc(C(F)(F)F)c(Cl)n3C)c(F)c2)n1. The zero-order valence-corrected chi connectivity index (χ0v) is 21.1. The Kier molecular flexibility index (Phi) is 6.63. The van der Waals surface area contributed by atoms with Crippen LogP contribution < -0.4 is 9.47 Å². The Morgan fingerprint density at radius 3 is 2.50 bits per heavy atom. The van der Waals surface area contributed by atoms with Gasteiger partial charge in [0, 0.05) is 36.5 Å². The number of hydrogen-bond donors (Lipinski definition) is 0. The van der Waals surface area contributed by atoms with Gasteiger partial charge in [0.05, 0.1) is 12.8 Å². The van der Waals surface area contributed by atoms with E-state index in [-0.39, 0.29) is 29.9 Å². The Hall–Kier alpha value is -3.87. The number of ether oxygens (including phenoxy) is 2. The fraction of sp³-hybridized carbons (Fsp3) is 0.333. The number of hydrogen-bond acceptors (Lipinski definition) is 8. The van der Waals surface area contributed by atoms with Crippen LogP contribution in [-0.2, 0) is 19.8 Å². The molecule has 1 aliphatic rings. The molecule has 1 saturated carbocycles. The summed E-state index contributed by atoms with van der Waals surface area (Å²) in [5.41, 5.74) is 0.639. The van der Waals surface area contributed by atoms with Crippen LogP contribution in [0.5, 0.6) is 11.8 Å². The quantitative estimate of drug-likeness (QED) is 0.286. The number of imidazole rings is 1. The van der Waals surface area contributed by atoms with E-state index in [9.17, 15) is 17.6 Å². The van der Waals surface area contributed by atoms with Crippen LogP contribution in [0.3, 0.4) is 0 Å². The first kappa shape index (κ1) is 25.8. The number of nitrogens with zero attached hydrogens (tertiary/aromatic N) is 7. The largest absolute Gasteiger partial charge is 0.480 e. The van der Waals surface area contributed by atoms with Crippen LogP contribution in [-0.4, -0.2) is 41.6 Å². The van der Waals surface area contributed by atoms with Crippen LogP contribution >= 0.6 is 11.6 Å². The molecule has 0 bridgehead atoms. The van der Waals surface area contributed by atoms with Gasteiger partial charge in [0.1, 0.15) is 29.3 Å². The summed E-state index contributed by atoms with van der Waals surface area (Å²) in [6.07, 6.45) is -0.0707. The Morgan fingerprint density at radius 2 is 1.87 bits per heavy atom. The lowest BCUT2D eigenvalue weighted by Crippen LogP contribution is -2.06. The molecule has 14 heteroatoms. The first-order valence-electron chi connectivity index (χ1n) is 11.4. The van der Waals surface area contributed by atoms with E-state index in [1.807, 2.05) is 0 Å². The minimum atomic E-state index is -4.79. The van der Waals surface area contributed by atoms with Gasteiger partial charge in [0.15, 0.2) is 23.2 Å². The highest BCUT2D eigenvalue weighted by molar-refractivity contribution is 6.30. The van der Waals surface area contributed by atoms with Crippen molar-refractivity contribution in [2.24, 2.45) is 7.05 Å². The van der Waals surface area contributed by atoms with Crippen LogP contribution in [0.25, 0.3) is 22.9 Å². The van der Waals surface area contributed by atoms with Gasteiger partial charge in [-0.15, -0.1) is 0 Å². The molecule has 1 fully saturated rings. The average Bonchev–Trinajstić information content (AvgIpc) is 3.67. The molecule has 4 heterocycles. The summed E-state index contributed by atoms with van der Waals surface area (Å²) in [7, 11) is 2.75. The number of aromatic nitrogens is 7. The third-order valence-corrected chi connectivity index (χ3v) is 6.28. The molecular formula is C24H20ClF4N7O2. The van der Waals surface area contributed by atoms with Gasteiger partial charge in [-0.05, 0) is 25.8 Å². The molecule has 38 heavy (non-hydrogen) atoms. The zero-order chi connectivity index (χ0) is 27.2. The topological polar surface area (TPSA) is 101 Å². The maximum absolute atomic E-state index is 14.9. The zero-order valence-electron chi connectivity index (χ0n) is 20.3. The fourth-order valence-electron chi connectivity index (χ4n) is 3.89. The van der Waals surface area contributed by atoms with Crippen LogP contribution in [0.4, 0.5) is 17.6 Å².